The van der Waals surface area contributed by atoms with E-state index in [1.807, 2.05) is 49.4 Å². The molecular formula is C21H23N7O2. The van der Waals surface area contributed by atoms with Crippen LogP contribution in [0.5, 0.6) is 0 Å². The van der Waals surface area contributed by atoms with Gasteiger partial charge in [-0.25, -0.2) is 9.48 Å². The molecule has 9 nitrogen and oxygen atoms in total. The van der Waals surface area contributed by atoms with Crippen LogP contribution in [-0.4, -0.2) is 32.1 Å². The molecule has 1 aromatic heterocycles. The Balaban J connectivity index is 1.34. The first-order valence-corrected chi connectivity index (χ1v) is 9.81. The van der Waals surface area contributed by atoms with Gasteiger partial charge in [0.15, 0.2) is 5.82 Å². The fourth-order valence-corrected chi connectivity index (χ4v) is 3.10. The second-order valence-electron chi connectivity index (χ2n) is 7.41. The van der Waals surface area contributed by atoms with Gasteiger partial charge in [0.05, 0.1) is 6.04 Å². The smallest absolute Gasteiger partial charge is 0.319 e. The SMILES string of the molecule is CC(NC(=O)Nc1cccc(-c2nnnn2C)c1)c1ccc(NC(=O)C2CC2)cc1. The van der Waals surface area contributed by atoms with E-state index in [0.717, 1.165) is 29.7 Å². The summed E-state index contributed by atoms with van der Waals surface area (Å²) in [6.45, 7) is 1.90. The first-order chi connectivity index (χ1) is 14.5. The van der Waals surface area contributed by atoms with Crippen LogP contribution < -0.4 is 16.0 Å². The molecular weight excluding hydrogens is 382 g/mol. The summed E-state index contributed by atoms with van der Waals surface area (Å²) in [5, 5.41) is 20.1. The van der Waals surface area contributed by atoms with Gasteiger partial charge in [-0.15, -0.1) is 5.10 Å². The Labute approximate surface area is 173 Å². The lowest BCUT2D eigenvalue weighted by atomic mass is 10.1. The number of rotatable bonds is 6. The van der Waals surface area contributed by atoms with E-state index in [4.69, 9.17) is 0 Å². The van der Waals surface area contributed by atoms with Gasteiger partial charge < -0.3 is 16.0 Å². The van der Waals surface area contributed by atoms with E-state index in [0.29, 0.717) is 11.5 Å². The Morgan fingerprint density at radius 1 is 1.07 bits per heavy atom. The molecule has 9 heteroatoms. The van der Waals surface area contributed by atoms with Crippen LogP contribution in [0.3, 0.4) is 0 Å². The lowest BCUT2D eigenvalue weighted by Crippen LogP contribution is -2.31. The standard InChI is InChI=1S/C21H23N7O2/c1-13(14-8-10-17(11-9-14)23-20(29)15-6-7-15)22-21(30)24-18-5-3-4-16(12-18)19-25-26-27-28(19)2/h3-5,8-13,15H,6-7H2,1-2H3,(H,23,29)(H2,22,24,30). The molecule has 1 aliphatic carbocycles. The van der Waals surface area contributed by atoms with Gasteiger partial charge in [0, 0.05) is 29.9 Å². The van der Waals surface area contributed by atoms with Crippen LogP contribution in [0.4, 0.5) is 16.2 Å². The molecule has 0 aliphatic heterocycles. The number of aryl methyl sites for hydroxylation is 1. The molecule has 3 amide bonds. The molecule has 4 rings (SSSR count). The van der Waals surface area contributed by atoms with Gasteiger partial charge >= 0.3 is 6.03 Å². The zero-order chi connectivity index (χ0) is 21.1. The van der Waals surface area contributed by atoms with Crippen molar-refractivity contribution in [3.63, 3.8) is 0 Å². The normalized spacial score (nSPS) is 14.1. The Hall–Kier alpha value is -3.75. The third-order valence-electron chi connectivity index (χ3n) is 4.97. The average molecular weight is 405 g/mol. The third-order valence-corrected chi connectivity index (χ3v) is 4.97. The summed E-state index contributed by atoms with van der Waals surface area (Å²) in [5.41, 5.74) is 3.14. The maximum Gasteiger partial charge on any atom is 0.319 e. The zero-order valence-corrected chi connectivity index (χ0v) is 16.8. The Bertz CT molecular complexity index is 1060. The van der Waals surface area contributed by atoms with Gasteiger partial charge in [-0.1, -0.05) is 24.3 Å². The number of nitrogens with zero attached hydrogens (tertiary/aromatic N) is 4. The fraction of sp³-hybridized carbons (Fsp3) is 0.286. The minimum atomic E-state index is -0.318. The Morgan fingerprint density at radius 3 is 2.50 bits per heavy atom. The van der Waals surface area contributed by atoms with Crippen molar-refractivity contribution in [2.45, 2.75) is 25.8 Å². The zero-order valence-electron chi connectivity index (χ0n) is 16.8. The van der Waals surface area contributed by atoms with Crippen LogP contribution in [0.2, 0.25) is 0 Å². The summed E-state index contributed by atoms with van der Waals surface area (Å²) in [4.78, 5) is 24.3. The van der Waals surface area contributed by atoms with E-state index in [1.165, 1.54) is 0 Å². The van der Waals surface area contributed by atoms with Crippen molar-refractivity contribution in [1.29, 1.82) is 0 Å². The first-order valence-electron chi connectivity index (χ1n) is 9.81. The van der Waals surface area contributed by atoms with E-state index in [9.17, 15) is 9.59 Å². The van der Waals surface area contributed by atoms with Gasteiger partial charge in [0.25, 0.3) is 0 Å². The van der Waals surface area contributed by atoms with Crippen molar-refractivity contribution in [1.82, 2.24) is 25.5 Å². The largest absolute Gasteiger partial charge is 0.331 e. The maximum absolute atomic E-state index is 12.4. The van der Waals surface area contributed by atoms with Crippen LogP contribution in [0, 0.1) is 5.92 Å². The summed E-state index contributed by atoms with van der Waals surface area (Å²) in [5.74, 6) is 0.853. The number of carbonyl (C=O) groups excluding carboxylic acids is 2. The molecule has 3 aromatic rings. The van der Waals surface area contributed by atoms with Crippen LogP contribution in [0.15, 0.2) is 48.5 Å². The highest BCUT2D eigenvalue weighted by Gasteiger charge is 2.29. The molecule has 1 saturated carbocycles. The highest BCUT2D eigenvalue weighted by atomic mass is 16.2. The molecule has 0 spiro atoms. The molecule has 1 unspecified atom stereocenters. The van der Waals surface area contributed by atoms with E-state index >= 15 is 0 Å². The quantitative estimate of drug-likeness (QED) is 0.583. The summed E-state index contributed by atoms with van der Waals surface area (Å²) in [6.07, 6.45) is 1.94. The number of carbonyl (C=O) groups is 2. The van der Waals surface area contributed by atoms with Gasteiger partial charge in [-0.3, -0.25) is 4.79 Å². The summed E-state index contributed by atoms with van der Waals surface area (Å²) in [6, 6.07) is 14.3. The fourth-order valence-electron chi connectivity index (χ4n) is 3.10. The molecule has 30 heavy (non-hydrogen) atoms. The molecule has 1 fully saturated rings. The number of benzene rings is 2. The van der Waals surface area contributed by atoms with Crippen molar-refractivity contribution < 1.29 is 9.59 Å². The third kappa shape index (κ3) is 4.62. The summed E-state index contributed by atoms with van der Waals surface area (Å²) in [7, 11) is 1.76. The minimum Gasteiger partial charge on any atom is -0.331 e. The first kappa shape index (κ1) is 19.6. The molecule has 1 heterocycles. The molecule has 3 N–H and O–H groups in total. The average Bonchev–Trinajstić information content (AvgIpc) is 3.49. The van der Waals surface area contributed by atoms with Crippen LogP contribution in [0.1, 0.15) is 31.4 Å². The Morgan fingerprint density at radius 2 is 1.83 bits per heavy atom. The minimum absolute atomic E-state index is 0.0765. The molecule has 1 atom stereocenters. The summed E-state index contributed by atoms with van der Waals surface area (Å²) < 4.78 is 1.57. The van der Waals surface area contributed by atoms with Crippen molar-refractivity contribution >= 4 is 23.3 Å². The van der Waals surface area contributed by atoms with Gasteiger partial charge in [-0.2, -0.15) is 0 Å². The molecule has 0 bridgehead atoms. The van der Waals surface area contributed by atoms with Crippen molar-refractivity contribution in [3.8, 4) is 11.4 Å². The number of hydrogen-bond acceptors (Lipinski definition) is 5. The highest BCUT2D eigenvalue weighted by Crippen LogP contribution is 2.30. The van der Waals surface area contributed by atoms with Gasteiger partial charge in [0.1, 0.15) is 0 Å². The number of anilines is 2. The summed E-state index contributed by atoms with van der Waals surface area (Å²) >= 11 is 0. The lowest BCUT2D eigenvalue weighted by molar-refractivity contribution is -0.117. The molecule has 2 aromatic carbocycles. The van der Waals surface area contributed by atoms with E-state index in [1.54, 1.807) is 17.8 Å². The molecule has 154 valence electrons. The topological polar surface area (TPSA) is 114 Å². The number of nitrogens with one attached hydrogen (secondary N) is 3. The number of hydrogen-bond donors (Lipinski definition) is 3. The van der Waals surface area contributed by atoms with E-state index < -0.39 is 0 Å². The monoisotopic (exact) mass is 405 g/mol. The van der Waals surface area contributed by atoms with E-state index in [2.05, 4.69) is 31.5 Å². The molecule has 0 saturated heterocycles. The number of urea groups is 1. The predicted molar refractivity (Wildman–Crippen MR) is 113 cm³/mol. The van der Waals surface area contributed by atoms with E-state index in [-0.39, 0.29) is 23.9 Å². The maximum atomic E-state index is 12.4. The van der Waals surface area contributed by atoms with Crippen molar-refractivity contribution in [2.75, 3.05) is 10.6 Å². The number of amides is 3. The predicted octanol–water partition coefficient (Wildman–Crippen LogP) is 3.11. The van der Waals surface area contributed by atoms with Crippen LogP contribution in [0.25, 0.3) is 11.4 Å². The van der Waals surface area contributed by atoms with Crippen molar-refractivity contribution in [2.24, 2.45) is 13.0 Å². The lowest BCUT2D eigenvalue weighted by Gasteiger charge is -2.16. The Kier molecular flexibility index (Phi) is 5.42. The van der Waals surface area contributed by atoms with Crippen molar-refractivity contribution in [3.05, 3.63) is 54.1 Å². The van der Waals surface area contributed by atoms with Crippen LogP contribution >= 0.6 is 0 Å². The molecule has 0 radical (unpaired) electrons. The second-order valence-corrected chi connectivity index (χ2v) is 7.41. The van der Waals surface area contributed by atoms with Crippen LogP contribution in [-0.2, 0) is 11.8 Å². The number of aromatic nitrogens is 4. The highest BCUT2D eigenvalue weighted by molar-refractivity contribution is 5.94. The second kappa shape index (κ2) is 8.32. The molecule has 1 aliphatic rings. The van der Waals surface area contributed by atoms with Gasteiger partial charge in [-0.05, 0) is 60.0 Å². The van der Waals surface area contributed by atoms with Gasteiger partial charge in [0.2, 0.25) is 5.91 Å². The number of tetrazole rings is 1.